The molecule has 1 aliphatic rings. The Labute approximate surface area is 120 Å². The summed E-state index contributed by atoms with van der Waals surface area (Å²) in [6.45, 7) is -0.314. The van der Waals surface area contributed by atoms with Crippen LogP contribution in [0.5, 0.6) is 0 Å². The van der Waals surface area contributed by atoms with E-state index in [0.29, 0.717) is 16.3 Å². The summed E-state index contributed by atoms with van der Waals surface area (Å²) in [5.74, 6) is 0. The molecular formula is C15H14N2O4. The minimum atomic E-state index is -0.830. The third-order valence-corrected chi connectivity index (χ3v) is 3.77. The van der Waals surface area contributed by atoms with E-state index in [1.165, 1.54) is 10.8 Å². The van der Waals surface area contributed by atoms with Crippen molar-refractivity contribution >= 4 is 10.8 Å². The average Bonchev–Trinajstić information content (AvgIpc) is 2.89. The minimum absolute atomic E-state index is 0.203. The highest BCUT2D eigenvalue weighted by Crippen LogP contribution is 2.28. The van der Waals surface area contributed by atoms with Gasteiger partial charge in [-0.15, -0.1) is 0 Å². The quantitative estimate of drug-likeness (QED) is 0.839. The lowest BCUT2D eigenvalue weighted by molar-refractivity contribution is -0.0453. The van der Waals surface area contributed by atoms with Crippen molar-refractivity contribution < 1.29 is 14.9 Å². The van der Waals surface area contributed by atoms with Crippen molar-refractivity contribution in [2.45, 2.75) is 24.9 Å². The summed E-state index contributed by atoms with van der Waals surface area (Å²) >= 11 is 0. The number of aromatic nitrogens is 1. The maximum absolute atomic E-state index is 12.5. The minimum Gasteiger partial charge on any atom is -0.394 e. The van der Waals surface area contributed by atoms with Crippen molar-refractivity contribution in [1.29, 1.82) is 5.26 Å². The molecule has 1 fully saturated rings. The first kappa shape index (κ1) is 13.8. The van der Waals surface area contributed by atoms with Gasteiger partial charge in [0.1, 0.15) is 18.4 Å². The Balaban J connectivity index is 2.15. The second kappa shape index (κ2) is 5.30. The van der Waals surface area contributed by atoms with Crippen LogP contribution in [0.1, 0.15) is 18.2 Å². The van der Waals surface area contributed by atoms with Crippen LogP contribution in [0.25, 0.3) is 10.8 Å². The van der Waals surface area contributed by atoms with Gasteiger partial charge in [-0.1, -0.05) is 18.2 Å². The summed E-state index contributed by atoms with van der Waals surface area (Å²) in [4.78, 5) is 12.5. The highest BCUT2D eigenvalue weighted by atomic mass is 16.5. The fourth-order valence-electron chi connectivity index (χ4n) is 2.66. The molecule has 1 aromatic carbocycles. The lowest BCUT2D eigenvalue weighted by Gasteiger charge is -2.16. The summed E-state index contributed by atoms with van der Waals surface area (Å²) < 4.78 is 6.81. The number of benzene rings is 1. The van der Waals surface area contributed by atoms with Gasteiger partial charge in [-0.05, 0) is 6.07 Å². The van der Waals surface area contributed by atoms with Gasteiger partial charge < -0.3 is 14.9 Å². The van der Waals surface area contributed by atoms with Crippen LogP contribution in [-0.4, -0.2) is 33.6 Å². The molecule has 0 spiro atoms. The standard InChI is InChI=1S/C15H14N2O4/c16-6-9-7-17(14-5-12(19)13(8-18)21-14)15(20)11-4-2-1-3-10(9)11/h1-4,7,12-14,18-19H,5,8H2/t12-,13+,14+/m0/s1. The molecule has 0 unspecified atom stereocenters. The number of nitriles is 1. The first-order valence-corrected chi connectivity index (χ1v) is 6.64. The molecule has 2 aromatic rings. The third-order valence-electron chi connectivity index (χ3n) is 3.77. The van der Waals surface area contributed by atoms with Crippen LogP contribution in [-0.2, 0) is 4.74 Å². The second-order valence-electron chi connectivity index (χ2n) is 5.03. The van der Waals surface area contributed by atoms with Gasteiger partial charge in [0.2, 0.25) is 0 Å². The maximum atomic E-state index is 12.5. The van der Waals surface area contributed by atoms with Crippen molar-refractivity contribution in [3.8, 4) is 6.07 Å². The highest BCUT2D eigenvalue weighted by molar-refractivity contribution is 5.86. The predicted octanol–water partition coefficient (Wildman–Crippen LogP) is 0.514. The van der Waals surface area contributed by atoms with Crippen LogP contribution in [0.15, 0.2) is 35.3 Å². The van der Waals surface area contributed by atoms with Crippen LogP contribution < -0.4 is 5.56 Å². The van der Waals surface area contributed by atoms with Crippen molar-refractivity contribution in [3.05, 3.63) is 46.4 Å². The van der Waals surface area contributed by atoms with Gasteiger partial charge in [0.05, 0.1) is 18.3 Å². The Kier molecular flexibility index (Phi) is 3.47. The lowest BCUT2D eigenvalue weighted by atomic mass is 10.1. The van der Waals surface area contributed by atoms with Crippen molar-refractivity contribution in [1.82, 2.24) is 4.57 Å². The average molecular weight is 286 g/mol. The van der Waals surface area contributed by atoms with Crippen LogP contribution in [0.4, 0.5) is 0 Å². The SMILES string of the molecule is N#Cc1cn([C@H]2C[C@H](O)[C@@H](CO)O2)c(=O)c2ccccc12. The molecule has 1 aliphatic heterocycles. The van der Waals surface area contributed by atoms with E-state index in [2.05, 4.69) is 6.07 Å². The van der Waals surface area contributed by atoms with Crippen molar-refractivity contribution in [3.63, 3.8) is 0 Å². The molecule has 2 N–H and O–H groups in total. The molecule has 0 saturated carbocycles. The molecule has 3 atom stereocenters. The molecule has 1 aromatic heterocycles. The number of rotatable bonds is 2. The smallest absolute Gasteiger partial charge is 0.260 e. The first-order valence-electron chi connectivity index (χ1n) is 6.64. The molecular weight excluding hydrogens is 272 g/mol. The van der Waals surface area contributed by atoms with Gasteiger partial charge in [-0.25, -0.2) is 0 Å². The van der Waals surface area contributed by atoms with Gasteiger partial charge in [0.25, 0.3) is 5.56 Å². The molecule has 3 rings (SSSR count). The van der Waals surface area contributed by atoms with Crippen LogP contribution >= 0.6 is 0 Å². The predicted molar refractivity (Wildman–Crippen MR) is 74.5 cm³/mol. The molecule has 21 heavy (non-hydrogen) atoms. The summed E-state index contributed by atoms with van der Waals surface area (Å²) in [5, 5.41) is 29.2. The number of ether oxygens (including phenoxy) is 1. The number of pyridine rings is 1. The number of aliphatic hydroxyl groups is 2. The van der Waals surface area contributed by atoms with Crippen molar-refractivity contribution in [2.24, 2.45) is 0 Å². The fraction of sp³-hybridized carbons (Fsp3) is 0.333. The molecule has 6 nitrogen and oxygen atoms in total. The molecule has 108 valence electrons. The van der Waals surface area contributed by atoms with E-state index in [4.69, 9.17) is 9.84 Å². The zero-order chi connectivity index (χ0) is 15.0. The molecule has 0 bridgehead atoms. The van der Waals surface area contributed by atoms with E-state index in [1.807, 2.05) is 0 Å². The number of hydrogen-bond donors (Lipinski definition) is 2. The summed E-state index contributed by atoms with van der Waals surface area (Å²) in [7, 11) is 0. The lowest BCUT2D eigenvalue weighted by Crippen LogP contribution is -2.26. The topological polar surface area (TPSA) is 95.5 Å². The Morgan fingerprint density at radius 2 is 2.10 bits per heavy atom. The van der Waals surface area contributed by atoms with Gasteiger partial charge in [0, 0.05) is 23.4 Å². The van der Waals surface area contributed by atoms with Crippen LogP contribution in [0.3, 0.4) is 0 Å². The third kappa shape index (κ3) is 2.21. The van der Waals surface area contributed by atoms with E-state index in [1.54, 1.807) is 24.3 Å². The molecule has 2 heterocycles. The van der Waals surface area contributed by atoms with Crippen molar-refractivity contribution in [2.75, 3.05) is 6.61 Å². The van der Waals surface area contributed by atoms with Gasteiger partial charge in [-0.3, -0.25) is 9.36 Å². The molecule has 0 radical (unpaired) electrons. The number of hydrogen-bond acceptors (Lipinski definition) is 5. The molecule has 0 aliphatic carbocycles. The highest BCUT2D eigenvalue weighted by Gasteiger charge is 2.35. The van der Waals surface area contributed by atoms with E-state index in [0.717, 1.165) is 0 Å². The zero-order valence-electron chi connectivity index (χ0n) is 11.1. The normalized spacial score (nSPS) is 25.1. The Hall–Kier alpha value is -2.20. The van der Waals surface area contributed by atoms with Gasteiger partial charge >= 0.3 is 0 Å². The molecule has 1 saturated heterocycles. The van der Waals surface area contributed by atoms with E-state index < -0.39 is 18.4 Å². The largest absolute Gasteiger partial charge is 0.394 e. The van der Waals surface area contributed by atoms with Gasteiger partial charge in [-0.2, -0.15) is 5.26 Å². The zero-order valence-corrected chi connectivity index (χ0v) is 11.1. The number of fused-ring (bicyclic) bond motifs is 1. The van der Waals surface area contributed by atoms with Crippen LogP contribution in [0, 0.1) is 11.3 Å². The van der Waals surface area contributed by atoms with Gasteiger partial charge in [0.15, 0.2) is 0 Å². The number of aliphatic hydroxyl groups excluding tert-OH is 2. The second-order valence-corrected chi connectivity index (χ2v) is 5.03. The summed E-state index contributed by atoms with van der Waals surface area (Å²) in [5.41, 5.74) is 0.0936. The summed E-state index contributed by atoms with van der Waals surface area (Å²) in [6, 6.07) is 8.95. The Bertz CT molecular complexity index is 777. The number of nitrogens with zero attached hydrogens (tertiary/aromatic N) is 2. The van der Waals surface area contributed by atoms with E-state index >= 15 is 0 Å². The molecule has 0 amide bonds. The first-order chi connectivity index (χ1) is 10.2. The van der Waals surface area contributed by atoms with E-state index in [9.17, 15) is 15.2 Å². The monoisotopic (exact) mass is 286 g/mol. The maximum Gasteiger partial charge on any atom is 0.260 e. The Morgan fingerprint density at radius 1 is 1.38 bits per heavy atom. The van der Waals surface area contributed by atoms with E-state index in [-0.39, 0.29) is 18.6 Å². The fourth-order valence-corrected chi connectivity index (χ4v) is 2.66. The van der Waals surface area contributed by atoms with Crippen LogP contribution in [0.2, 0.25) is 0 Å². The molecule has 6 heteroatoms. The summed E-state index contributed by atoms with van der Waals surface area (Å²) in [6.07, 6.45) is -0.569. The Morgan fingerprint density at radius 3 is 2.71 bits per heavy atom.